The Balaban J connectivity index is 1.52. The molecule has 1 aliphatic heterocycles. The van der Waals surface area contributed by atoms with Crippen LogP contribution >= 0.6 is 12.2 Å². The average Bonchev–Trinajstić information content (AvgIpc) is 2.64. The Morgan fingerprint density at radius 2 is 1.72 bits per heavy atom. The maximum Gasteiger partial charge on any atom is 0.175 e. The summed E-state index contributed by atoms with van der Waals surface area (Å²) in [5.74, 6) is 0.801. The molecule has 0 aliphatic carbocycles. The fourth-order valence-electron chi connectivity index (χ4n) is 3.06. The van der Waals surface area contributed by atoms with Crippen molar-refractivity contribution in [2.75, 3.05) is 30.8 Å². The predicted molar refractivity (Wildman–Crippen MR) is 108 cm³/mol. The van der Waals surface area contributed by atoms with Crippen molar-refractivity contribution in [1.82, 2.24) is 4.90 Å². The van der Waals surface area contributed by atoms with E-state index in [-0.39, 0.29) is 0 Å². The third-order valence-electron chi connectivity index (χ3n) is 4.39. The molecule has 0 bridgehead atoms. The number of methoxy groups -OCH3 is 1. The van der Waals surface area contributed by atoms with Gasteiger partial charge in [0.25, 0.3) is 0 Å². The number of benzene rings is 2. The van der Waals surface area contributed by atoms with Crippen LogP contribution in [0, 0.1) is 0 Å². The Hall–Kier alpha value is -2.11. The highest BCUT2D eigenvalue weighted by molar-refractivity contribution is 7.80. The van der Waals surface area contributed by atoms with Crippen molar-refractivity contribution < 1.29 is 4.74 Å². The van der Waals surface area contributed by atoms with Crippen LogP contribution in [-0.4, -0.2) is 30.2 Å². The first-order valence-corrected chi connectivity index (χ1v) is 9.17. The number of rotatable bonds is 5. The summed E-state index contributed by atoms with van der Waals surface area (Å²) >= 11 is 5.39. The van der Waals surface area contributed by atoms with Crippen LogP contribution in [0.1, 0.15) is 24.8 Å². The highest BCUT2D eigenvalue weighted by atomic mass is 32.1. The summed E-state index contributed by atoms with van der Waals surface area (Å²) in [6, 6.07) is 16.2. The third kappa shape index (κ3) is 5.44. The van der Waals surface area contributed by atoms with Crippen molar-refractivity contribution in [1.29, 1.82) is 0 Å². The zero-order valence-electron chi connectivity index (χ0n) is 14.6. The van der Waals surface area contributed by atoms with Gasteiger partial charge in [-0.25, -0.2) is 0 Å². The van der Waals surface area contributed by atoms with Gasteiger partial charge in [-0.1, -0.05) is 24.6 Å². The lowest BCUT2D eigenvalue weighted by molar-refractivity contribution is 0.221. The molecule has 0 radical (unpaired) electrons. The fraction of sp³-hybridized carbons (Fsp3) is 0.350. The van der Waals surface area contributed by atoms with Crippen molar-refractivity contribution in [2.24, 2.45) is 0 Å². The minimum Gasteiger partial charge on any atom is -0.497 e. The molecule has 1 aliphatic rings. The average molecular weight is 356 g/mol. The van der Waals surface area contributed by atoms with Gasteiger partial charge in [-0.15, -0.1) is 0 Å². The molecular weight excluding hydrogens is 330 g/mol. The SMILES string of the molecule is COc1cccc(NC(=S)Nc2ccc(CN3CCCCC3)cc2)c1. The lowest BCUT2D eigenvalue weighted by atomic mass is 10.1. The van der Waals surface area contributed by atoms with E-state index in [1.165, 1.54) is 37.9 Å². The summed E-state index contributed by atoms with van der Waals surface area (Å²) in [5.41, 5.74) is 3.24. The second-order valence-corrected chi connectivity index (χ2v) is 6.75. The highest BCUT2D eigenvalue weighted by Crippen LogP contribution is 2.18. The number of piperidine rings is 1. The Morgan fingerprint density at radius 1 is 1.00 bits per heavy atom. The summed E-state index contributed by atoms with van der Waals surface area (Å²) < 4.78 is 5.22. The molecule has 0 atom stereocenters. The second-order valence-electron chi connectivity index (χ2n) is 6.34. The van der Waals surface area contributed by atoms with E-state index in [9.17, 15) is 0 Å². The normalized spacial score (nSPS) is 14.8. The van der Waals surface area contributed by atoms with Crippen molar-refractivity contribution >= 4 is 28.7 Å². The van der Waals surface area contributed by atoms with Gasteiger partial charge in [0.2, 0.25) is 0 Å². The minimum absolute atomic E-state index is 0.567. The Labute approximate surface area is 155 Å². The van der Waals surface area contributed by atoms with Gasteiger partial charge in [0, 0.05) is 24.0 Å². The second kappa shape index (κ2) is 8.83. The van der Waals surface area contributed by atoms with E-state index in [0.717, 1.165) is 23.7 Å². The summed E-state index contributed by atoms with van der Waals surface area (Å²) in [4.78, 5) is 2.53. The fourth-order valence-corrected chi connectivity index (χ4v) is 3.30. The molecule has 3 rings (SSSR count). The van der Waals surface area contributed by atoms with Crippen LogP contribution in [0.15, 0.2) is 48.5 Å². The van der Waals surface area contributed by atoms with Crippen LogP contribution in [0.4, 0.5) is 11.4 Å². The first-order chi connectivity index (χ1) is 12.2. The summed E-state index contributed by atoms with van der Waals surface area (Å²) in [6.45, 7) is 3.47. The molecule has 2 aromatic carbocycles. The third-order valence-corrected chi connectivity index (χ3v) is 4.60. The number of thiocarbonyl (C=S) groups is 1. The molecule has 1 heterocycles. The molecule has 0 saturated carbocycles. The van der Waals surface area contributed by atoms with Gasteiger partial charge >= 0.3 is 0 Å². The molecule has 1 saturated heterocycles. The first kappa shape index (κ1) is 17.7. The quantitative estimate of drug-likeness (QED) is 0.773. The van der Waals surface area contributed by atoms with Crippen LogP contribution in [0.2, 0.25) is 0 Å². The van der Waals surface area contributed by atoms with E-state index >= 15 is 0 Å². The van der Waals surface area contributed by atoms with Crippen LogP contribution in [-0.2, 0) is 6.54 Å². The molecule has 2 aromatic rings. The number of hydrogen-bond acceptors (Lipinski definition) is 3. The van der Waals surface area contributed by atoms with Crippen molar-refractivity contribution in [2.45, 2.75) is 25.8 Å². The van der Waals surface area contributed by atoms with Crippen LogP contribution in [0.25, 0.3) is 0 Å². The van der Waals surface area contributed by atoms with Gasteiger partial charge in [-0.05, 0) is 68.0 Å². The number of likely N-dealkylation sites (tertiary alicyclic amines) is 1. The van der Waals surface area contributed by atoms with Crippen molar-refractivity contribution in [3.8, 4) is 5.75 Å². The number of ether oxygens (including phenoxy) is 1. The molecule has 25 heavy (non-hydrogen) atoms. The molecular formula is C20H25N3OS. The number of hydrogen-bond donors (Lipinski definition) is 2. The van der Waals surface area contributed by atoms with Gasteiger partial charge in [0.1, 0.15) is 5.75 Å². The van der Waals surface area contributed by atoms with E-state index in [1.807, 2.05) is 24.3 Å². The molecule has 0 aromatic heterocycles. The van der Waals surface area contributed by atoms with Gasteiger partial charge in [0.15, 0.2) is 5.11 Å². The Kier molecular flexibility index (Phi) is 6.25. The van der Waals surface area contributed by atoms with E-state index in [1.54, 1.807) is 7.11 Å². The first-order valence-electron chi connectivity index (χ1n) is 8.76. The Morgan fingerprint density at radius 3 is 2.44 bits per heavy atom. The van der Waals surface area contributed by atoms with E-state index in [4.69, 9.17) is 17.0 Å². The monoisotopic (exact) mass is 355 g/mol. The zero-order chi connectivity index (χ0) is 17.5. The molecule has 4 nitrogen and oxygen atoms in total. The Bertz CT molecular complexity index is 696. The number of nitrogens with zero attached hydrogens (tertiary/aromatic N) is 1. The van der Waals surface area contributed by atoms with Crippen molar-refractivity contribution in [3.05, 3.63) is 54.1 Å². The van der Waals surface area contributed by atoms with E-state index in [0.29, 0.717) is 5.11 Å². The number of nitrogens with one attached hydrogen (secondary N) is 2. The lowest BCUT2D eigenvalue weighted by Crippen LogP contribution is -2.29. The summed E-state index contributed by atoms with van der Waals surface area (Å²) in [7, 11) is 1.65. The maximum atomic E-state index is 5.39. The van der Waals surface area contributed by atoms with Gasteiger partial charge in [0.05, 0.1) is 7.11 Å². The molecule has 5 heteroatoms. The van der Waals surface area contributed by atoms with E-state index in [2.05, 4.69) is 39.8 Å². The van der Waals surface area contributed by atoms with Crippen LogP contribution < -0.4 is 15.4 Å². The molecule has 2 N–H and O–H groups in total. The maximum absolute atomic E-state index is 5.39. The van der Waals surface area contributed by atoms with Gasteiger partial charge in [-0.3, -0.25) is 4.90 Å². The van der Waals surface area contributed by atoms with Gasteiger partial charge < -0.3 is 15.4 Å². The summed E-state index contributed by atoms with van der Waals surface area (Å²) in [5, 5.41) is 6.97. The van der Waals surface area contributed by atoms with E-state index < -0.39 is 0 Å². The summed E-state index contributed by atoms with van der Waals surface area (Å²) in [6.07, 6.45) is 4.02. The standard InChI is InChI=1S/C20H25N3OS/c1-24-19-7-5-6-18(14-19)22-20(25)21-17-10-8-16(9-11-17)15-23-12-3-2-4-13-23/h5-11,14H,2-4,12-13,15H2,1H3,(H2,21,22,25). The number of anilines is 2. The zero-order valence-corrected chi connectivity index (χ0v) is 15.4. The smallest absolute Gasteiger partial charge is 0.175 e. The minimum atomic E-state index is 0.567. The highest BCUT2D eigenvalue weighted by Gasteiger charge is 2.10. The molecule has 0 unspecified atom stereocenters. The van der Waals surface area contributed by atoms with Crippen molar-refractivity contribution in [3.63, 3.8) is 0 Å². The molecule has 132 valence electrons. The molecule has 0 amide bonds. The van der Waals surface area contributed by atoms with Gasteiger partial charge in [-0.2, -0.15) is 0 Å². The van der Waals surface area contributed by atoms with Crippen LogP contribution in [0.5, 0.6) is 5.75 Å². The molecule has 0 spiro atoms. The molecule has 1 fully saturated rings. The predicted octanol–water partition coefficient (Wildman–Crippen LogP) is 4.49. The van der Waals surface area contributed by atoms with Crippen LogP contribution in [0.3, 0.4) is 0 Å². The lowest BCUT2D eigenvalue weighted by Gasteiger charge is -2.26. The topological polar surface area (TPSA) is 36.5 Å². The largest absolute Gasteiger partial charge is 0.497 e.